The minimum absolute atomic E-state index is 0.0718. The van der Waals surface area contributed by atoms with Gasteiger partial charge in [0.05, 0.1) is 6.61 Å². The maximum absolute atomic E-state index is 11.9. The van der Waals surface area contributed by atoms with Crippen LogP contribution in [0, 0.1) is 0 Å². The number of nitrogens with one attached hydrogen (secondary N) is 1. The highest BCUT2D eigenvalue weighted by Gasteiger charge is 2.45. The summed E-state index contributed by atoms with van der Waals surface area (Å²) in [5, 5.41) is 1.86. The van der Waals surface area contributed by atoms with E-state index >= 15 is 0 Å². The molecular formula is C17H34ClNO4Si. The second-order valence-electron chi connectivity index (χ2n) is 8.13. The highest BCUT2D eigenvalue weighted by Crippen LogP contribution is 2.42. The van der Waals surface area contributed by atoms with Gasteiger partial charge >= 0.3 is 6.09 Å². The minimum atomic E-state index is -2.14. The van der Waals surface area contributed by atoms with Gasteiger partial charge in [-0.1, -0.05) is 41.5 Å². The quantitative estimate of drug-likeness (QED) is 0.484. The molecule has 142 valence electrons. The lowest BCUT2D eigenvalue weighted by Crippen LogP contribution is -2.52. The Bertz CT molecular complexity index is 411. The molecule has 0 aromatic heterocycles. The van der Waals surface area contributed by atoms with Crippen molar-refractivity contribution in [1.29, 1.82) is 0 Å². The molecule has 0 heterocycles. The third-order valence-electron chi connectivity index (χ3n) is 4.17. The molecule has 0 fully saturated rings. The number of rotatable bonds is 8. The first-order valence-corrected chi connectivity index (χ1v) is 11.1. The van der Waals surface area contributed by atoms with E-state index in [4.69, 9.17) is 20.8 Å². The number of halogens is 1. The van der Waals surface area contributed by atoms with Gasteiger partial charge < -0.3 is 14.5 Å². The number of alkyl carbamates (subject to hydrolysis) is 1. The summed E-state index contributed by atoms with van der Waals surface area (Å²) < 4.78 is 11.5. The highest BCUT2D eigenvalue weighted by atomic mass is 35.5. The van der Waals surface area contributed by atoms with Crippen LogP contribution in [0.1, 0.15) is 62.3 Å². The van der Waals surface area contributed by atoms with Crippen molar-refractivity contribution in [1.82, 2.24) is 5.32 Å². The van der Waals surface area contributed by atoms with Crippen LogP contribution in [0.3, 0.4) is 0 Å². The third-order valence-corrected chi connectivity index (χ3v) is 10.5. The number of carbonyl (C=O) groups excluding carboxylic acids is 2. The van der Waals surface area contributed by atoms with Gasteiger partial charge in [-0.3, -0.25) is 4.79 Å². The molecule has 0 rings (SSSR count). The Balaban J connectivity index is 5.13. The Morgan fingerprint density at radius 2 is 1.42 bits per heavy atom. The third kappa shape index (κ3) is 6.73. The van der Waals surface area contributed by atoms with Crippen molar-refractivity contribution in [2.45, 2.75) is 90.6 Å². The Labute approximate surface area is 152 Å². The Morgan fingerprint density at radius 3 is 1.71 bits per heavy atom. The largest absolute Gasteiger partial charge is 0.444 e. The van der Waals surface area contributed by atoms with Gasteiger partial charge in [0.25, 0.3) is 0 Å². The van der Waals surface area contributed by atoms with Crippen LogP contribution in [0.5, 0.6) is 0 Å². The van der Waals surface area contributed by atoms with Crippen LogP contribution in [0.15, 0.2) is 0 Å². The molecule has 1 N–H and O–H groups in total. The van der Waals surface area contributed by atoms with Crippen molar-refractivity contribution < 1.29 is 18.8 Å². The standard InChI is InChI=1S/C17H34ClNO4Si/c1-11(2)24(12(3)4,13(5)6)22-10-14(15(18)20)19-16(21)23-17(7,8)9/h11-14H,10H2,1-9H3,(H,19,21)/t14-/m1/s1. The van der Waals surface area contributed by atoms with Gasteiger partial charge in [-0.05, 0) is 49.0 Å². The molecule has 1 atom stereocenters. The number of hydrogen-bond acceptors (Lipinski definition) is 4. The van der Waals surface area contributed by atoms with Crippen LogP contribution in [0.25, 0.3) is 0 Å². The van der Waals surface area contributed by atoms with Gasteiger partial charge in [-0.15, -0.1) is 0 Å². The van der Waals surface area contributed by atoms with Gasteiger partial charge in [0.2, 0.25) is 5.24 Å². The van der Waals surface area contributed by atoms with Crippen LogP contribution in [0.2, 0.25) is 16.6 Å². The van der Waals surface area contributed by atoms with Crippen LogP contribution in [-0.4, -0.2) is 37.9 Å². The number of carbonyl (C=O) groups is 2. The fourth-order valence-electron chi connectivity index (χ4n) is 3.34. The average molecular weight is 380 g/mol. The summed E-state index contributed by atoms with van der Waals surface area (Å²) >= 11 is 5.65. The van der Waals surface area contributed by atoms with Gasteiger partial charge in [0.15, 0.2) is 8.32 Å². The predicted octanol–water partition coefficient (Wildman–Crippen LogP) is 4.84. The van der Waals surface area contributed by atoms with Crippen molar-refractivity contribution in [3.63, 3.8) is 0 Å². The van der Waals surface area contributed by atoms with E-state index in [-0.39, 0.29) is 6.61 Å². The fraction of sp³-hybridized carbons (Fsp3) is 0.882. The molecular weight excluding hydrogens is 346 g/mol. The number of ether oxygens (including phenoxy) is 1. The van der Waals surface area contributed by atoms with Gasteiger partial charge in [0, 0.05) is 0 Å². The van der Waals surface area contributed by atoms with Crippen LogP contribution >= 0.6 is 11.6 Å². The first-order valence-electron chi connectivity index (χ1n) is 8.56. The van der Waals surface area contributed by atoms with E-state index in [2.05, 4.69) is 46.9 Å². The molecule has 0 aromatic rings. The molecule has 0 aromatic carbocycles. The van der Waals surface area contributed by atoms with Gasteiger partial charge in [-0.25, -0.2) is 4.79 Å². The average Bonchev–Trinajstić information content (AvgIpc) is 2.33. The van der Waals surface area contributed by atoms with E-state index in [0.29, 0.717) is 16.6 Å². The molecule has 7 heteroatoms. The van der Waals surface area contributed by atoms with Gasteiger partial charge in [-0.2, -0.15) is 0 Å². The van der Waals surface area contributed by atoms with Crippen molar-refractivity contribution in [2.24, 2.45) is 0 Å². The summed E-state index contributed by atoms with van der Waals surface area (Å²) in [5.41, 5.74) is 0.497. The molecule has 0 aliphatic rings. The maximum atomic E-state index is 11.9. The van der Waals surface area contributed by atoms with E-state index in [0.717, 1.165) is 0 Å². The summed E-state index contributed by atoms with van der Waals surface area (Å²) in [7, 11) is -2.14. The zero-order chi connectivity index (χ0) is 19.3. The lowest BCUT2D eigenvalue weighted by Gasteiger charge is -2.42. The Morgan fingerprint density at radius 1 is 1.00 bits per heavy atom. The van der Waals surface area contributed by atoms with Crippen LogP contribution in [0.4, 0.5) is 4.79 Å². The smallest absolute Gasteiger partial charge is 0.408 e. The predicted molar refractivity (Wildman–Crippen MR) is 101 cm³/mol. The molecule has 1 amide bonds. The molecule has 0 radical (unpaired) electrons. The van der Waals surface area contributed by atoms with Crippen molar-refractivity contribution in [3.05, 3.63) is 0 Å². The van der Waals surface area contributed by atoms with E-state index in [9.17, 15) is 9.59 Å². The monoisotopic (exact) mass is 379 g/mol. The second-order valence-corrected chi connectivity index (χ2v) is 14.0. The molecule has 0 saturated heterocycles. The molecule has 24 heavy (non-hydrogen) atoms. The number of hydrogen-bond donors (Lipinski definition) is 1. The van der Waals surface area contributed by atoms with E-state index < -0.39 is 31.3 Å². The summed E-state index contributed by atoms with van der Waals surface area (Å²) in [6.07, 6.45) is -0.670. The van der Waals surface area contributed by atoms with Crippen molar-refractivity contribution in [2.75, 3.05) is 6.61 Å². The van der Waals surface area contributed by atoms with Crippen molar-refractivity contribution >= 4 is 31.3 Å². The molecule has 0 unspecified atom stereocenters. The Hall–Kier alpha value is -0.593. The molecule has 0 saturated carbocycles. The lowest BCUT2D eigenvalue weighted by atomic mass is 10.2. The van der Waals surface area contributed by atoms with E-state index in [1.807, 2.05) is 0 Å². The van der Waals surface area contributed by atoms with Gasteiger partial charge in [0.1, 0.15) is 11.6 Å². The molecule has 0 aliphatic carbocycles. The maximum Gasteiger partial charge on any atom is 0.408 e. The topological polar surface area (TPSA) is 64.6 Å². The summed E-state index contributed by atoms with van der Waals surface area (Å²) in [4.78, 5) is 23.6. The zero-order valence-corrected chi connectivity index (χ0v) is 18.3. The summed E-state index contributed by atoms with van der Waals surface area (Å²) in [6, 6.07) is -0.912. The first-order chi connectivity index (χ1) is 10.7. The molecule has 0 bridgehead atoms. The minimum Gasteiger partial charge on any atom is -0.444 e. The summed E-state index contributed by atoms with van der Waals surface area (Å²) in [6.45, 7) is 18.3. The molecule has 5 nitrogen and oxygen atoms in total. The van der Waals surface area contributed by atoms with Crippen LogP contribution in [-0.2, 0) is 14.0 Å². The summed E-state index contributed by atoms with van der Waals surface area (Å²) in [5.74, 6) is 0. The molecule has 0 aliphatic heterocycles. The highest BCUT2D eigenvalue weighted by molar-refractivity contribution is 6.77. The van der Waals surface area contributed by atoms with E-state index in [1.165, 1.54) is 0 Å². The van der Waals surface area contributed by atoms with Crippen molar-refractivity contribution in [3.8, 4) is 0 Å². The lowest BCUT2D eigenvalue weighted by molar-refractivity contribution is -0.114. The normalized spacial score (nSPS) is 14.2. The Kier molecular flexibility index (Phi) is 8.97. The second kappa shape index (κ2) is 9.20. The van der Waals surface area contributed by atoms with E-state index in [1.54, 1.807) is 20.8 Å². The fourth-order valence-corrected chi connectivity index (χ4v) is 8.91. The number of amides is 1. The zero-order valence-electron chi connectivity index (χ0n) is 16.5. The van der Waals surface area contributed by atoms with Crippen LogP contribution < -0.4 is 5.32 Å². The first kappa shape index (κ1) is 23.4. The molecule has 0 spiro atoms. The SMILES string of the molecule is CC(C)[Si](OC[C@@H](NC(=O)OC(C)(C)C)C(=O)Cl)(C(C)C)C(C)C.